The molecule has 7 amide bonds. The van der Waals surface area contributed by atoms with Gasteiger partial charge in [-0.05, 0) is 117 Å². The van der Waals surface area contributed by atoms with Crippen LogP contribution in [0.15, 0.2) is 66.7 Å². The quantitative estimate of drug-likeness (QED) is 0.0541. The van der Waals surface area contributed by atoms with Gasteiger partial charge in [-0.2, -0.15) is 8.42 Å². The number of carbonyl (C=O) groups is 8. The molecule has 2 aliphatic heterocycles. The maximum Gasteiger partial charge on any atom is 0.397 e. The molecule has 0 aliphatic carbocycles. The number of aryl methyl sites for hydroxylation is 3. The smallest absolute Gasteiger partial charge is 0.397 e. The Labute approximate surface area is 483 Å². The number of methoxy groups -OCH3 is 2. The van der Waals surface area contributed by atoms with Gasteiger partial charge in [-0.25, -0.2) is 8.98 Å². The van der Waals surface area contributed by atoms with E-state index in [0.717, 1.165) is 16.9 Å². The van der Waals surface area contributed by atoms with Gasteiger partial charge in [-0.15, -0.1) is 0 Å². The Morgan fingerprint density at radius 1 is 0.807 bits per heavy atom. The van der Waals surface area contributed by atoms with Crippen molar-refractivity contribution in [1.82, 2.24) is 36.4 Å². The number of hydrogen-bond acceptors (Lipinski definition) is 17. The summed E-state index contributed by atoms with van der Waals surface area (Å²) in [6.45, 7) is 8.79. The lowest BCUT2D eigenvalue weighted by atomic mass is 9.91. The third-order valence-electron chi connectivity index (χ3n) is 15.3. The number of nitrogens with one attached hydrogen (secondary N) is 5. The van der Waals surface area contributed by atoms with Crippen LogP contribution in [-0.2, 0) is 81.7 Å². The van der Waals surface area contributed by atoms with Crippen molar-refractivity contribution >= 4 is 57.7 Å². The van der Waals surface area contributed by atoms with Crippen LogP contribution in [0.2, 0.25) is 0 Å². The van der Waals surface area contributed by atoms with Crippen LogP contribution in [0.4, 0.5) is 0 Å². The van der Waals surface area contributed by atoms with Gasteiger partial charge in [0, 0.05) is 20.6 Å². The number of rotatable bonds is 21. The molecule has 0 unspecified atom stereocenters. The van der Waals surface area contributed by atoms with E-state index < -0.39 is 137 Å². The second-order valence-corrected chi connectivity index (χ2v) is 22.2. The maximum atomic E-state index is 15.2. The molecule has 12 atom stereocenters. The molecule has 26 heteroatoms. The zero-order chi connectivity index (χ0) is 61.5. The molecule has 25 nitrogen and oxygen atoms in total. The molecular formula is C57H79N7O18S. The first kappa shape index (κ1) is 66.4. The topological polar surface area (TPSA) is 355 Å². The highest BCUT2D eigenvalue weighted by Gasteiger charge is 2.47. The molecule has 5 rings (SSSR count). The lowest BCUT2D eigenvalue weighted by Crippen LogP contribution is -2.66. The molecule has 0 saturated carbocycles. The van der Waals surface area contributed by atoms with Gasteiger partial charge in [-0.1, -0.05) is 76.9 Å². The summed E-state index contributed by atoms with van der Waals surface area (Å²) in [4.78, 5) is 120. The molecule has 0 aromatic heterocycles. The summed E-state index contributed by atoms with van der Waals surface area (Å²) < 4.78 is 53.0. The summed E-state index contributed by atoms with van der Waals surface area (Å²) in [6.07, 6.45) is -4.91. The predicted molar refractivity (Wildman–Crippen MR) is 299 cm³/mol. The van der Waals surface area contributed by atoms with Crippen LogP contribution in [0.1, 0.15) is 95.4 Å². The van der Waals surface area contributed by atoms with Crippen molar-refractivity contribution in [3.8, 4) is 17.2 Å². The summed E-state index contributed by atoms with van der Waals surface area (Å²) in [5.74, 6) is -8.51. The largest absolute Gasteiger partial charge is 0.508 e. The van der Waals surface area contributed by atoms with Crippen LogP contribution in [0, 0.1) is 18.8 Å². The fourth-order valence-electron chi connectivity index (χ4n) is 9.76. The Morgan fingerprint density at radius 2 is 1.45 bits per heavy atom. The number of phenols is 2. The van der Waals surface area contributed by atoms with Gasteiger partial charge in [0.2, 0.25) is 35.4 Å². The summed E-state index contributed by atoms with van der Waals surface area (Å²) in [6, 6.07) is 6.62. The Bertz CT molecular complexity index is 2880. The predicted octanol–water partition coefficient (Wildman–Crippen LogP) is 1.66. The number of aromatic hydroxyl groups is 2. The number of hydrogen-bond donors (Lipinski definition) is 9. The highest BCUT2D eigenvalue weighted by atomic mass is 32.3. The van der Waals surface area contributed by atoms with Crippen molar-refractivity contribution in [2.45, 2.75) is 160 Å². The second-order valence-electron chi connectivity index (χ2n) is 21.1. The van der Waals surface area contributed by atoms with Gasteiger partial charge in [0.25, 0.3) is 5.91 Å². The number of ether oxygens (including phenoxy) is 3. The fourth-order valence-corrected chi connectivity index (χ4v) is 10.1. The number of fused-ring (bicyclic) bond motifs is 2. The van der Waals surface area contributed by atoms with E-state index in [1.807, 2.05) is 0 Å². The standard InChI is InChI=1S/C57H79N7O18S/c1-10-31(3)47-57(75)82-34(6)48(62-51(69)41(23-16-35-12-19-38(65)20-13-35)58-53(71)45(80-9)30-81-83(76,77)78)54(72)59-40(24-17-36-18-26-44(66)33(5)28-36)50(68)60-42-25-27-46(67)64(55(42)73)49(32(4)11-2)56(74)63(7)43(52(70)61-47)29-37-14-21-39(79-8)22-15-37/h12-15,18-22,26,28,31-32,34,40-43,45-49,65-67H,10-11,16-17,23-25,27,29-30H2,1-9H3,(H,58,71)(H,59,72)(H,60,68)(H,61,70)(H,62,69)(H,76,77,78)/t31-,32+,34-,40-,41+,42-,43-,45-,46+,47-,48-,49+/m0/s1. The van der Waals surface area contributed by atoms with Crippen molar-refractivity contribution < 1.29 is 85.0 Å². The number of cyclic esters (lactones) is 1. The number of amides is 7. The van der Waals surface area contributed by atoms with Crippen molar-refractivity contribution in [1.29, 1.82) is 0 Å². The minimum atomic E-state index is -5.06. The molecule has 2 saturated heterocycles. The molecule has 2 bridgehead atoms. The minimum absolute atomic E-state index is 0.00128. The van der Waals surface area contributed by atoms with Gasteiger partial charge >= 0.3 is 16.4 Å². The molecule has 456 valence electrons. The average molecular weight is 1180 g/mol. The highest BCUT2D eigenvalue weighted by Crippen LogP contribution is 2.29. The van der Waals surface area contributed by atoms with Crippen molar-refractivity contribution in [2.75, 3.05) is 27.9 Å². The zero-order valence-electron chi connectivity index (χ0n) is 48.2. The molecule has 2 fully saturated rings. The number of piperidine rings is 1. The first-order valence-electron chi connectivity index (χ1n) is 27.5. The van der Waals surface area contributed by atoms with E-state index in [0.29, 0.717) is 34.4 Å². The van der Waals surface area contributed by atoms with Gasteiger partial charge in [-0.3, -0.25) is 38.1 Å². The Hall–Kier alpha value is -7.39. The molecule has 0 spiro atoms. The first-order valence-corrected chi connectivity index (χ1v) is 28.9. The van der Waals surface area contributed by atoms with Crippen LogP contribution in [0.5, 0.6) is 17.2 Å². The molecule has 2 heterocycles. The third-order valence-corrected chi connectivity index (χ3v) is 15.7. The van der Waals surface area contributed by atoms with E-state index in [4.69, 9.17) is 14.2 Å². The van der Waals surface area contributed by atoms with E-state index in [1.165, 1.54) is 39.3 Å². The summed E-state index contributed by atoms with van der Waals surface area (Å²) >= 11 is 0. The Morgan fingerprint density at radius 3 is 2.05 bits per heavy atom. The van der Waals surface area contributed by atoms with Crippen LogP contribution in [0.3, 0.4) is 0 Å². The summed E-state index contributed by atoms with van der Waals surface area (Å²) in [5.41, 5.74) is 2.27. The second kappa shape index (κ2) is 30.2. The van der Waals surface area contributed by atoms with Crippen LogP contribution < -0.4 is 31.3 Å². The molecular weight excluding hydrogens is 1100 g/mol. The SMILES string of the molecule is CC[C@@H](C)[C@@H]1C(=O)N(C)[C@@H](Cc2ccc(OC)cc2)C(=O)N[C@@H]([C@@H](C)CC)C(=O)O[C@@H](C)[C@H](NC(=O)[C@@H](CCc2ccc(O)cc2)NC(=O)[C@H](COS(=O)(=O)O)OC)C(=O)N[C@@H](CCc2ccc(O)c(C)c2)C(=O)N[C@H]2CC[C@@H](O)N1C2=O. The summed E-state index contributed by atoms with van der Waals surface area (Å²) in [5, 5.41) is 45.1. The van der Waals surface area contributed by atoms with Crippen molar-refractivity contribution in [2.24, 2.45) is 11.8 Å². The lowest BCUT2D eigenvalue weighted by Gasteiger charge is -2.44. The number of nitrogens with zero attached hydrogens (tertiary/aromatic N) is 2. The van der Waals surface area contributed by atoms with Gasteiger partial charge in [0.05, 0.1) is 7.11 Å². The van der Waals surface area contributed by atoms with Crippen molar-refractivity contribution in [3.63, 3.8) is 0 Å². The number of esters is 1. The number of aliphatic hydroxyl groups excluding tert-OH is 1. The average Bonchev–Trinajstić information content (AvgIpc) is 3.39. The lowest BCUT2D eigenvalue weighted by molar-refractivity contribution is -0.168. The van der Waals surface area contributed by atoms with Crippen LogP contribution in [0.25, 0.3) is 0 Å². The van der Waals surface area contributed by atoms with E-state index in [2.05, 4.69) is 30.8 Å². The number of carbonyl (C=O) groups excluding carboxylic acids is 8. The van der Waals surface area contributed by atoms with E-state index in [1.54, 1.807) is 83.1 Å². The van der Waals surface area contributed by atoms with Crippen LogP contribution >= 0.6 is 0 Å². The zero-order valence-corrected chi connectivity index (χ0v) is 49.0. The monoisotopic (exact) mass is 1180 g/mol. The molecule has 83 heavy (non-hydrogen) atoms. The van der Waals surface area contributed by atoms with E-state index in [9.17, 15) is 57.1 Å². The molecule has 0 radical (unpaired) electrons. The minimum Gasteiger partial charge on any atom is -0.508 e. The van der Waals surface area contributed by atoms with Crippen LogP contribution in [-0.4, -0.2) is 174 Å². The molecule has 3 aromatic rings. The molecule has 2 aliphatic rings. The third kappa shape index (κ3) is 18.3. The maximum absolute atomic E-state index is 15.2. The first-order chi connectivity index (χ1) is 39.2. The van der Waals surface area contributed by atoms with Gasteiger partial charge < -0.3 is 65.9 Å². The van der Waals surface area contributed by atoms with Gasteiger partial charge in [0.15, 0.2) is 6.10 Å². The highest BCUT2D eigenvalue weighted by molar-refractivity contribution is 7.80. The number of aliphatic hydroxyl groups is 1. The Kier molecular flexibility index (Phi) is 24.2. The van der Waals surface area contributed by atoms with Gasteiger partial charge in [0.1, 0.15) is 78.5 Å². The van der Waals surface area contributed by atoms with E-state index >= 15 is 9.59 Å². The Balaban J connectivity index is 1.66. The molecule has 9 N–H and O–H groups in total. The van der Waals surface area contributed by atoms with Crippen molar-refractivity contribution in [3.05, 3.63) is 89.0 Å². The fraction of sp³-hybridized carbons (Fsp3) is 0.544. The summed E-state index contributed by atoms with van der Waals surface area (Å²) in [7, 11) is -1.18. The molecule has 3 aromatic carbocycles. The van der Waals surface area contributed by atoms with E-state index in [-0.39, 0.29) is 62.9 Å². The number of phenolic OH excluding ortho intramolecular Hbond substituents is 2. The number of likely N-dealkylation sites (N-methyl/N-ethyl adjacent to an activating group) is 1. The normalized spacial score (nSPS) is 23.8. The number of benzene rings is 3.